The summed E-state index contributed by atoms with van der Waals surface area (Å²) >= 11 is 0. The fraction of sp³-hybridized carbons (Fsp3) is 0.200. The van der Waals surface area contributed by atoms with Gasteiger partial charge in [0, 0.05) is 11.4 Å². The number of aryl methyl sites for hydroxylation is 1. The van der Waals surface area contributed by atoms with Crippen molar-refractivity contribution in [3.05, 3.63) is 35.0 Å². The summed E-state index contributed by atoms with van der Waals surface area (Å²) in [4.78, 5) is 0. The van der Waals surface area contributed by atoms with Crippen molar-refractivity contribution >= 4 is 11.8 Å². The van der Waals surface area contributed by atoms with Gasteiger partial charge in [-0.15, -0.1) is 0 Å². The van der Waals surface area contributed by atoms with Crippen LogP contribution in [0.15, 0.2) is 23.9 Å². The third-order valence-corrected chi connectivity index (χ3v) is 2.19. The molecule has 1 aliphatic rings. The SMILES string of the molecule is NC1=Cc2cc(N)ccc2CC1. The number of hydrogen-bond acceptors (Lipinski definition) is 2. The van der Waals surface area contributed by atoms with Gasteiger partial charge in [-0.2, -0.15) is 0 Å². The Kier molecular flexibility index (Phi) is 1.54. The fourth-order valence-electron chi connectivity index (χ4n) is 1.53. The molecule has 0 fully saturated rings. The average Bonchev–Trinajstić information content (AvgIpc) is 2.03. The molecule has 62 valence electrons. The van der Waals surface area contributed by atoms with Gasteiger partial charge in [0.05, 0.1) is 0 Å². The lowest BCUT2D eigenvalue weighted by Gasteiger charge is -2.13. The third kappa shape index (κ3) is 1.16. The highest BCUT2D eigenvalue weighted by molar-refractivity contribution is 5.63. The molecule has 2 rings (SSSR count). The van der Waals surface area contributed by atoms with Crippen LogP contribution in [0.2, 0.25) is 0 Å². The first-order valence-electron chi connectivity index (χ1n) is 4.10. The average molecular weight is 160 g/mol. The molecule has 0 radical (unpaired) electrons. The summed E-state index contributed by atoms with van der Waals surface area (Å²) < 4.78 is 0. The third-order valence-electron chi connectivity index (χ3n) is 2.19. The maximum absolute atomic E-state index is 5.72. The van der Waals surface area contributed by atoms with Crippen LogP contribution < -0.4 is 11.5 Å². The van der Waals surface area contributed by atoms with Crippen molar-refractivity contribution in [1.29, 1.82) is 0 Å². The monoisotopic (exact) mass is 160 g/mol. The summed E-state index contributed by atoms with van der Waals surface area (Å²) in [7, 11) is 0. The molecule has 4 N–H and O–H groups in total. The molecule has 0 heterocycles. The van der Waals surface area contributed by atoms with E-state index < -0.39 is 0 Å². The fourth-order valence-corrected chi connectivity index (χ4v) is 1.53. The van der Waals surface area contributed by atoms with Gasteiger partial charge in [0.1, 0.15) is 0 Å². The summed E-state index contributed by atoms with van der Waals surface area (Å²) in [5.41, 5.74) is 15.7. The van der Waals surface area contributed by atoms with Crippen LogP contribution in [0.25, 0.3) is 6.08 Å². The van der Waals surface area contributed by atoms with Crippen LogP contribution in [0.1, 0.15) is 17.5 Å². The molecule has 0 unspecified atom stereocenters. The van der Waals surface area contributed by atoms with Crippen LogP contribution in [0, 0.1) is 0 Å². The maximum atomic E-state index is 5.72. The Bertz CT molecular complexity index is 340. The molecule has 1 aliphatic carbocycles. The topological polar surface area (TPSA) is 52.0 Å². The molecule has 12 heavy (non-hydrogen) atoms. The van der Waals surface area contributed by atoms with E-state index >= 15 is 0 Å². The molecule has 0 atom stereocenters. The molecule has 0 aliphatic heterocycles. The zero-order valence-corrected chi connectivity index (χ0v) is 6.88. The van der Waals surface area contributed by atoms with Gasteiger partial charge in [-0.25, -0.2) is 0 Å². The normalized spacial score (nSPS) is 15.2. The van der Waals surface area contributed by atoms with Crippen LogP contribution in [-0.4, -0.2) is 0 Å². The highest BCUT2D eigenvalue weighted by Gasteiger charge is 2.07. The zero-order valence-electron chi connectivity index (χ0n) is 6.88. The first kappa shape index (κ1) is 7.22. The minimum atomic E-state index is 0.805. The molecule has 0 aromatic heterocycles. The Morgan fingerprint density at radius 3 is 2.75 bits per heavy atom. The van der Waals surface area contributed by atoms with Gasteiger partial charge in [0.15, 0.2) is 0 Å². The van der Waals surface area contributed by atoms with Gasteiger partial charge < -0.3 is 11.5 Å². The smallest absolute Gasteiger partial charge is 0.0320 e. The van der Waals surface area contributed by atoms with E-state index in [9.17, 15) is 0 Å². The molecule has 2 nitrogen and oxygen atoms in total. The van der Waals surface area contributed by atoms with Crippen molar-refractivity contribution < 1.29 is 0 Å². The molecule has 0 saturated heterocycles. The van der Waals surface area contributed by atoms with Gasteiger partial charge in [-0.1, -0.05) is 6.07 Å². The van der Waals surface area contributed by atoms with Gasteiger partial charge in [-0.3, -0.25) is 0 Å². The first-order chi connectivity index (χ1) is 5.75. The minimum absolute atomic E-state index is 0.805. The Morgan fingerprint density at radius 2 is 1.92 bits per heavy atom. The number of hydrogen-bond donors (Lipinski definition) is 2. The van der Waals surface area contributed by atoms with Crippen molar-refractivity contribution in [2.24, 2.45) is 5.73 Å². The standard InChI is InChI=1S/C10H12N2/c11-9-3-1-7-2-4-10(12)6-8(7)5-9/h1,3,5-6H,2,4,11-12H2. The van der Waals surface area contributed by atoms with E-state index in [1.807, 2.05) is 18.2 Å². The van der Waals surface area contributed by atoms with E-state index in [-0.39, 0.29) is 0 Å². The molecule has 1 aromatic carbocycles. The van der Waals surface area contributed by atoms with Gasteiger partial charge in [-0.05, 0) is 42.2 Å². The van der Waals surface area contributed by atoms with Crippen molar-refractivity contribution in [2.75, 3.05) is 5.73 Å². The number of nitrogens with two attached hydrogens (primary N) is 2. The molecular formula is C10H12N2. The van der Waals surface area contributed by atoms with Crippen LogP contribution in [-0.2, 0) is 6.42 Å². The number of rotatable bonds is 0. The van der Waals surface area contributed by atoms with E-state index in [2.05, 4.69) is 6.07 Å². The molecule has 0 spiro atoms. The van der Waals surface area contributed by atoms with E-state index in [1.165, 1.54) is 11.1 Å². The minimum Gasteiger partial charge on any atom is -0.402 e. The number of benzene rings is 1. The summed E-state index contributed by atoms with van der Waals surface area (Å²) in [6.07, 6.45) is 4.02. The molecule has 1 aromatic rings. The quantitative estimate of drug-likeness (QED) is 0.565. The number of nitrogen functional groups attached to an aromatic ring is 1. The van der Waals surface area contributed by atoms with Crippen LogP contribution in [0.4, 0.5) is 5.69 Å². The van der Waals surface area contributed by atoms with Gasteiger partial charge in [0.25, 0.3) is 0 Å². The second kappa shape index (κ2) is 2.55. The van der Waals surface area contributed by atoms with Crippen LogP contribution in [0.5, 0.6) is 0 Å². The van der Waals surface area contributed by atoms with Crippen molar-refractivity contribution in [3.8, 4) is 0 Å². The van der Waals surface area contributed by atoms with Crippen molar-refractivity contribution in [2.45, 2.75) is 12.8 Å². The van der Waals surface area contributed by atoms with E-state index in [0.717, 1.165) is 24.2 Å². The Balaban J connectivity index is 2.53. The number of allylic oxidation sites excluding steroid dienone is 1. The Labute approximate surface area is 71.9 Å². The van der Waals surface area contributed by atoms with Gasteiger partial charge >= 0.3 is 0 Å². The van der Waals surface area contributed by atoms with E-state index in [0.29, 0.717) is 0 Å². The number of fused-ring (bicyclic) bond motifs is 1. The second-order valence-electron chi connectivity index (χ2n) is 3.18. The van der Waals surface area contributed by atoms with Gasteiger partial charge in [0.2, 0.25) is 0 Å². The molecule has 0 bridgehead atoms. The van der Waals surface area contributed by atoms with Crippen molar-refractivity contribution in [3.63, 3.8) is 0 Å². The van der Waals surface area contributed by atoms with Crippen LogP contribution >= 0.6 is 0 Å². The number of anilines is 1. The lowest BCUT2D eigenvalue weighted by Crippen LogP contribution is -2.05. The first-order valence-corrected chi connectivity index (χ1v) is 4.10. The summed E-state index contributed by atoms with van der Waals surface area (Å²) in [6.45, 7) is 0. The lowest BCUT2D eigenvalue weighted by molar-refractivity contribution is 0.914. The van der Waals surface area contributed by atoms with Crippen LogP contribution in [0.3, 0.4) is 0 Å². The Hall–Kier alpha value is -1.44. The summed E-state index contributed by atoms with van der Waals surface area (Å²) in [6, 6.07) is 5.99. The lowest BCUT2D eigenvalue weighted by atomic mass is 9.95. The zero-order chi connectivity index (χ0) is 8.55. The molecular weight excluding hydrogens is 148 g/mol. The summed E-state index contributed by atoms with van der Waals surface area (Å²) in [5.74, 6) is 0. The predicted octanol–water partition coefficient (Wildman–Crippen LogP) is 1.51. The molecule has 0 saturated carbocycles. The largest absolute Gasteiger partial charge is 0.402 e. The second-order valence-corrected chi connectivity index (χ2v) is 3.18. The highest BCUT2D eigenvalue weighted by atomic mass is 14.6. The highest BCUT2D eigenvalue weighted by Crippen LogP contribution is 2.23. The maximum Gasteiger partial charge on any atom is 0.0320 e. The van der Waals surface area contributed by atoms with E-state index in [1.54, 1.807) is 0 Å². The molecule has 2 heteroatoms. The summed E-state index contributed by atoms with van der Waals surface area (Å²) in [5, 5.41) is 0. The Morgan fingerprint density at radius 1 is 1.08 bits per heavy atom. The van der Waals surface area contributed by atoms with Crippen molar-refractivity contribution in [1.82, 2.24) is 0 Å². The molecule has 0 amide bonds. The van der Waals surface area contributed by atoms with E-state index in [4.69, 9.17) is 11.5 Å². The predicted molar refractivity (Wildman–Crippen MR) is 51.3 cm³/mol.